The maximum absolute atomic E-state index is 12.2. The molecule has 4 nitrogen and oxygen atoms in total. The van der Waals surface area contributed by atoms with E-state index in [2.05, 4.69) is 24.3 Å². The van der Waals surface area contributed by atoms with Gasteiger partial charge in [-0.05, 0) is 42.5 Å². The smallest absolute Gasteiger partial charge is 0.245 e. The second-order valence-electron chi connectivity index (χ2n) is 7.63. The Morgan fingerprint density at radius 1 is 1.03 bits per heavy atom. The fourth-order valence-electron chi connectivity index (χ4n) is 3.58. The van der Waals surface area contributed by atoms with E-state index in [1.807, 2.05) is 30.3 Å². The standard InChI is InChI=1S/C24H29ClN2O2S/c1-19(28)26(16-8-3-2-5-9-20-12-14-22(25)15-13-20)27-23(29)17-24(27)30-18-21-10-6-4-7-11-21/h4,6-7,10-15,24H,2-3,5,8-9,16-18H2,1H3. The Kier molecular flexibility index (Phi) is 8.64. The van der Waals surface area contributed by atoms with Crippen molar-refractivity contribution in [1.29, 1.82) is 0 Å². The van der Waals surface area contributed by atoms with E-state index in [1.165, 1.54) is 11.1 Å². The van der Waals surface area contributed by atoms with Gasteiger partial charge in [-0.3, -0.25) is 14.6 Å². The summed E-state index contributed by atoms with van der Waals surface area (Å²) >= 11 is 7.64. The number of hydrogen-bond donors (Lipinski definition) is 0. The Morgan fingerprint density at radius 2 is 1.73 bits per heavy atom. The summed E-state index contributed by atoms with van der Waals surface area (Å²) in [5.74, 6) is 0.819. The van der Waals surface area contributed by atoms with E-state index >= 15 is 0 Å². The van der Waals surface area contributed by atoms with E-state index in [9.17, 15) is 9.59 Å². The number of hydrogen-bond acceptors (Lipinski definition) is 3. The SMILES string of the molecule is CC(=O)N(CCCCCCc1ccc(Cl)cc1)N1C(=O)CC1SCc1ccccc1. The van der Waals surface area contributed by atoms with Crippen LogP contribution in [0, 0.1) is 0 Å². The lowest BCUT2D eigenvalue weighted by Crippen LogP contribution is -2.61. The van der Waals surface area contributed by atoms with Crippen LogP contribution in [0.5, 0.6) is 0 Å². The molecule has 0 radical (unpaired) electrons. The number of thioether (sulfide) groups is 1. The predicted octanol–water partition coefficient (Wildman–Crippen LogP) is 5.70. The number of unbranched alkanes of at least 4 members (excludes halogenated alkanes) is 3. The number of amides is 2. The van der Waals surface area contributed by atoms with Gasteiger partial charge in [-0.1, -0.05) is 66.9 Å². The van der Waals surface area contributed by atoms with Crippen molar-refractivity contribution in [1.82, 2.24) is 10.0 Å². The summed E-state index contributed by atoms with van der Waals surface area (Å²) in [6.07, 6.45) is 5.70. The number of nitrogens with zero attached hydrogens (tertiary/aromatic N) is 2. The lowest BCUT2D eigenvalue weighted by atomic mass is 10.1. The van der Waals surface area contributed by atoms with Crippen LogP contribution in [0.3, 0.4) is 0 Å². The number of hydrazine groups is 1. The normalized spacial score (nSPS) is 15.7. The minimum Gasteiger partial charge on any atom is -0.273 e. The summed E-state index contributed by atoms with van der Waals surface area (Å²) in [6.45, 7) is 2.15. The zero-order chi connectivity index (χ0) is 21.3. The van der Waals surface area contributed by atoms with Crippen molar-refractivity contribution in [2.24, 2.45) is 0 Å². The van der Waals surface area contributed by atoms with Gasteiger partial charge >= 0.3 is 0 Å². The maximum Gasteiger partial charge on any atom is 0.245 e. The number of halogens is 1. The third kappa shape index (κ3) is 6.51. The monoisotopic (exact) mass is 444 g/mol. The van der Waals surface area contributed by atoms with Gasteiger partial charge in [0, 0.05) is 24.2 Å². The van der Waals surface area contributed by atoms with Crippen LogP contribution >= 0.6 is 23.4 Å². The number of β-lactam (4-membered cyclic amide) rings is 1. The predicted molar refractivity (Wildman–Crippen MR) is 124 cm³/mol. The lowest BCUT2D eigenvalue weighted by Gasteiger charge is -2.46. The van der Waals surface area contributed by atoms with Crippen LogP contribution in [-0.2, 0) is 21.8 Å². The third-order valence-electron chi connectivity index (χ3n) is 5.28. The highest BCUT2D eigenvalue weighted by molar-refractivity contribution is 7.99. The molecule has 2 aromatic rings. The van der Waals surface area contributed by atoms with Crippen LogP contribution in [0.4, 0.5) is 0 Å². The molecule has 0 spiro atoms. The summed E-state index contributed by atoms with van der Waals surface area (Å²) in [4.78, 5) is 24.4. The summed E-state index contributed by atoms with van der Waals surface area (Å²) < 4.78 is 0. The highest BCUT2D eigenvalue weighted by Crippen LogP contribution is 2.33. The Morgan fingerprint density at radius 3 is 2.40 bits per heavy atom. The summed E-state index contributed by atoms with van der Waals surface area (Å²) in [5, 5.41) is 4.13. The highest BCUT2D eigenvalue weighted by Gasteiger charge is 2.41. The fraction of sp³-hybridized carbons (Fsp3) is 0.417. The van der Waals surface area contributed by atoms with Crippen molar-refractivity contribution in [3.8, 4) is 0 Å². The van der Waals surface area contributed by atoms with Gasteiger partial charge in [0.25, 0.3) is 0 Å². The Balaban J connectivity index is 1.40. The maximum atomic E-state index is 12.2. The molecule has 1 atom stereocenters. The van der Waals surface area contributed by atoms with E-state index in [0.717, 1.165) is 42.9 Å². The van der Waals surface area contributed by atoms with E-state index < -0.39 is 0 Å². The lowest BCUT2D eigenvalue weighted by molar-refractivity contribution is -0.177. The molecular formula is C24H29ClN2O2S. The van der Waals surface area contributed by atoms with Gasteiger partial charge in [0.1, 0.15) is 5.37 Å². The van der Waals surface area contributed by atoms with Crippen molar-refractivity contribution >= 4 is 35.2 Å². The van der Waals surface area contributed by atoms with Crippen molar-refractivity contribution in [2.75, 3.05) is 6.54 Å². The summed E-state index contributed by atoms with van der Waals surface area (Å²) in [6, 6.07) is 18.2. The number of benzene rings is 2. The third-order valence-corrected chi connectivity index (χ3v) is 6.79. The van der Waals surface area contributed by atoms with E-state index in [1.54, 1.807) is 28.7 Å². The van der Waals surface area contributed by atoms with Gasteiger partial charge in [0.15, 0.2) is 0 Å². The molecule has 0 aliphatic carbocycles. The Bertz CT molecular complexity index is 829. The van der Waals surface area contributed by atoms with Gasteiger partial charge in [-0.25, -0.2) is 5.01 Å². The molecule has 1 heterocycles. The second kappa shape index (κ2) is 11.4. The number of aryl methyl sites for hydroxylation is 1. The van der Waals surface area contributed by atoms with Crippen molar-refractivity contribution in [3.05, 3.63) is 70.7 Å². The molecule has 0 aromatic heterocycles. The number of carbonyl (C=O) groups is 2. The topological polar surface area (TPSA) is 40.6 Å². The van der Waals surface area contributed by atoms with E-state index in [0.29, 0.717) is 13.0 Å². The zero-order valence-electron chi connectivity index (χ0n) is 17.4. The molecule has 6 heteroatoms. The first kappa shape index (κ1) is 22.7. The van der Waals surface area contributed by atoms with Crippen LogP contribution in [0.1, 0.15) is 50.2 Å². The molecular weight excluding hydrogens is 416 g/mol. The van der Waals surface area contributed by atoms with E-state index in [-0.39, 0.29) is 17.2 Å². The van der Waals surface area contributed by atoms with Gasteiger partial charge < -0.3 is 0 Å². The van der Waals surface area contributed by atoms with Crippen LogP contribution in [0.2, 0.25) is 5.02 Å². The van der Waals surface area contributed by atoms with Crippen LogP contribution < -0.4 is 0 Å². The molecule has 2 amide bonds. The molecule has 3 rings (SSSR count). The quantitative estimate of drug-likeness (QED) is 0.330. The molecule has 1 aliphatic heterocycles. The second-order valence-corrected chi connectivity index (χ2v) is 9.23. The summed E-state index contributed by atoms with van der Waals surface area (Å²) in [5.41, 5.74) is 2.53. The van der Waals surface area contributed by atoms with Crippen LogP contribution in [0.25, 0.3) is 0 Å². The van der Waals surface area contributed by atoms with E-state index in [4.69, 9.17) is 11.6 Å². The van der Waals surface area contributed by atoms with Gasteiger partial charge in [-0.2, -0.15) is 0 Å². The molecule has 1 fully saturated rings. The van der Waals surface area contributed by atoms with Crippen molar-refractivity contribution in [2.45, 2.75) is 56.6 Å². The first-order valence-electron chi connectivity index (χ1n) is 10.5. The average Bonchev–Trinajstić information content (AvgIpc) is 2.74. The Labute approximate surface area is 188 Å². The molecule has 0 N–H and O–H groups in total. The summed E-state index contributed by atoms with van der Waals surface area (Å²) in [7, 11) is 0. The van der Waals surface area contributed by atoms with Crippen LogP contribution in [-0.4, -0.2) is 33.8 Å². The molecule has 160 valence electrons. The minimum absolute atomic E-state index is 0.0403. The molecule has 1 aliphatic rings. The molecule has 1 saturated heterocycles. The molecule has 1 unspecified atom stereocenters. The minimum atomic E-state index is -0.0606. The average molecular weight is 445 g/mol. The van der Waals surface area contributed by atoms with Gasteiger partial charge in [0.05, 0.1) is 6.42 Å². The largest absolute Gasteiger partial charge is 0.273 e. The zero-order valence-corrected chi connectivity index (χ0v) is 19.0. The Hall–Kier alpha value is -1.98. The fourth-order valence-corrected chi connectivity index (χ4v) is 4.91. The number of rotatable bonds is 11. The van der Waals surface area contributed by atoms with Gasteiger partial charge in [-0.15, -0.1) is 11.8 Å². The van der Waals surface area contributed by atoms with Crippen molar-refractivity contribution < 1.29 is 9.59 Å². The van der Waals surface area contributed by atoms with Crippen molar-refractivity contribution in [3.63, 3.8) is 0 Å². The molecule has 0 saturated carbocycles. The van der Waals surface area contributed by atoms with Crippen LogP contribution in [0.15, 0.2) is 54.6 Å². The highest BCUT2D eigenvalue weighted by atomic mass is 35.5. The molecule has 0 bridgehead atoms. The number of carbonyl (C=O) groups excluding carboxylic acids is 2. The first-order chi connectivity index (χ1) is 14.5. The molecule has 30 heavy (non-hydrogen) atoms. The molecule has 2 aromatic carbocycles. The van der Waals surface area contributed by atoms with Gasteiger partial charge in [0.2, 0.25) is 11.8 Å². The first-order valence-corrected chi connectivity index (χ1v) is 12.0.